The first kappa shape index (κ1) is 17.0. The lowest BCUT2D eigenvalue weighted by molar-refractivity contribution is -0.127. The zero-order chi connectivity index (χ0) is 14.0. The summed E-state index contributed by atoms with van der Waals surface area (Å²) in [7, 11) is 0. The molecule has 0 aromatic carbocycles. The number of aldehydes is 1. The Morgan fingerprint density at radius 2 is 2.00 bits per heavy atom. The molecule has 2 amide bonds. The molecule has 0 aromatic rings. The molecule has 0 saturated heterocycles. The van der Waals surface area contributed by atoms with Crippen molar-refractivity contribution in [2.24, 2.45) is 5.92 Å². The van der Waals surface area contributed by atoms with Crippen LogP contribution >= 0.6 is 11.8 Å². The summed E-state index contributed by atoms with van der Waals surface area (Å²) in [5.41, 5.74) is 0. The smallest absolute Gasteiger partial charge is 0.243 e. The van der Waals surface area contributed by atoms with E-state index in [0.29, 0.717) is 25.2 Å². The van der Waals surface area contributed by atoms with Gasteiger partial charge in [0.1, 0.15) is 12.3 Å². The first-order chi connectivity index (χ1) is 8.54. The van der Waals surface area contributed by atoms with Crippen molar-refractivity contribution < 1.29 is 14.4 Å². The third-order valence-electron chi connectivity index (χ3n) is 2.41. The summed E-state index contributed by atoms with van der Waals surface area (Å²) in [5.74, 6) is 0.799. The highest BCUT2D eigenvalue weighted by atomic mass is 32.2. The topological polar surface area (TPSA) is 75.3 Å². The third kappa shape index (κ3) is 7.32. The molecule has 5 nitrogen and oxygen atoms in total. The molecule has 0 radical (unpaired) electrons. The SMILES string of the molecule is CSCC[C@H](NC=O)C(=O)N[C@H](C=O)CC(C)C. The molecule has 0 unspecified atom stereocenters. The van der Waals surface area contributed by atoms with Gasteiger partial charge in [-0.15, -0.1) is 0 Å². The molecule has 0 saturated carbocycles. The van der Waals surface area contributed by atoms with Gasteiger partial charge in [0.05, 0.1) is 6.04 Å². The van der Waals surface area contributed by atoms with E-state index >= 15 is 0 Å². The zero-order valence-electron chi connectivity index (χ0n) is 11.1. The van der Waals surface area contributed by atoms with Gasteiger partial charge in [0.25, 0.3) is 0 Å². The lowest BCUT2D eigenvalue weighted by atomic mass is 10.0. The standard InChI is InChI=1S/C12H22N2O3S/c1-9(2)6-10(7-15)14-12(17)11(13-8-16)4-5-18-3/h7-11H,4-6H2,1-3H3,(H,13,16)(H,14,17)/t10-,11-/m0/s1. The number of thioether (sulfide) groups is 1. The predicted molar refractivity (Wildman–Crippen MR) is 73.4 cm³/mol. The minimum Gasteiger partial charge on any atom is -0.347 e. The molecule has 6 heteroatoms. The van der Waals surface area contributed by atoms with Gasteiger partial charge in [-0.2, -0.15) is 11.8 Å². The number of carbonyl (C=O) groups excluding carboxylic acids is 3. The molecule has 0 aromatic heterocycles. The normalized spacial score (nSPS) is 13.8. The fraction of sp³-hybridized carbons (Fsp3) is 0.750. The number of hydrogen-bond donors (Lipinski definition) is 2. The molecule has 0 spiro atoms. The van der Waals surface area contributed by atoms with E-state index in [2.05, 4.69) is 10.6 Å². The van der Waals surface area contributed by atoms with E-state index in [9.17, 15) is 14.4 Å². The van der Waals surface area contributed by atoms with Gasteiger partial charge < -0.3 is 15.4 Å². The molecule has 0 aliphatic heterocycles. The molecule has 2 atom stereocenters. The molecule has 0 rings (SSSR count). The maximum atomic E-state index is 11.9. The molecule has 0 bridgehead atoms. The molecule has 104 valence electrons. The number of carbonyl (C=O) groups is 3. The van der Waals surface area contributed by atoms with Crippen LogP contribution in [0.3, 0.4) is 0 Å². The van der Waals surface area contributed by atoms with E-state index < -0.39 is 12.1 Å². The van der Waals surface area contributed by atoms with Crippen LogP contribution in [0.15, 0.2) is 0 Å². The second-order valence-electron chi connectivity index (χ2n) is 4.50. The van der Waals surface area contributed by atoms with Gasteiger partial charge >= 0.3 is 0 Å². The maximum absolute atomic E-state index is 11.9. The summed E-state index contributed by atoms with van der Waals surface area (Å²) >= 11 is 1.60. The Kier molecular flexibility index (Phi) is 9.36. The minimum absolute atomic E-state index is 0.297. The second kappa shape index (κ2) is 9.94. The fourth-order valence-electron chi connectivity index (χ4n) is 1.55. The van der Waals surface area contributed by atoms with E-state index in [1.807, 2.05) is 20.1 Å². The lowest BCUT2D eigenvalue weighted by Crippen LogP contribution is -2.48. The summed E-state index contributed by atoms with van der Waals surface area (Å²) in [6, 6.07) is -1.05. The molecular formula is C12H22N2O3S. The first-order valence-electron chi connectivity index (χ1n) is 5.99. The van der Waals surface area contributed by atoms with Crippen molar-refractivity contribution in [1.82, 2.24) is 10.6 Å². The molecule has 2 N–H and O–H groups in total. The van der Waals surface area contributed by atoms with Crippen molar-refractivity contribution in [3.8, 4) is 0 Å². The van der Waals surface area contributed by atoms with Crippen molar-refractivity contribution >= 4 is 30.4 Å². The van der Waals surface area contributed by atoms with Crippen LogP contribution in [0, 0.1) is 5.92 Å². The highest BCUT2D eigenvalue weighted by Gasteiger charge is 2.20. The quantitative estimate of drug-likeness (QED) is 0.572. The number of hydrogen-bond acceptors (Lipinski definition) is 4. The van der Waals surface area contributed by atoms with Gasteiger partial charge in [-0.3, -0.25) is 9.59 Å². The summed E-state index contributed by atoms with van der Waals surface area (Å²) in [5, 5.41) is 5.13. The maximum Gasteiger partial charge on any atom is 0.243 e. The van der Waals surface area contributed by atoms with Gasteiger partial charge in [-0.1, -0.05) is 13.8 Å². The largest absolute Gasteiger partial charge is 0.347 e. The van der Waals surface area contributed by atoms with E-state index in [1.54, 1.807) is 11.8 Å². The van der Waals surface area contributed by atoms with Crippen LogP contribution in [0.1, 0.15) is 26.7 Å². The summed E-state index contributed by atoms with van der Waals surface area (Å²) < 4.78 is 0. The molecular weight excluding hydrogens is 252 g/mol. The van der Waals surface area contributed by atoms with E-state index in [4.69, 9.17) is 0 Å². The molecule has 0 heterocycles. The summed E-state index contributed by atoms with van der Waals surface area (Å²) in [6.07, 6.45) is 4.35. The Balaban J connectivity index is 4.36. The van der Waals surface area contributed by atoms with Crippen molar-refractivity contribution in [1.29, 1.82) is 0 Å². The van der Waals surface area contributed by atoms with E-state index in [-0.39, 0.29) is 5.91 Å². The number of nitrogens with one attached hydrogen (secondary N) is 2. The summed E-state index contributed by atoms with van der Waals surface area (Å²) in [6.45, 7) is 3.97. The van der Waals surface area contributed by atoms with E-state index in [0.717, 1.165) is 12.0 Å². The Hall–Kier alpha value is -1.04. The van der Waals surface area contributed by atoms with E-state index in [1.165, 1.54) is 0 Å². The zero-order valence-corrected chi connectivity index (χ0v) is 12.0. The second-order valence-corrected chi connectivity index (χ2v) is 5.48. The van der Waals surface area contributed by atoms with Gasteiger partial charge in [-0.25, -0.2) is 0 Å². The monoisotopic (exact) mass is 274 g/mol. The highest BCUT2D eigenvalue weighted by molar-refractivity contribution is 7.98. The van der Waals surface area contributed by atoms with Gasteiger partial charge in [-0.05, 0) is 30.8 Å². The molecule has 0 fully saturated rings. The lowest BCUT2D eigenvalue weighted by Gasteiger charge is -2.19. The number of rotatable bonds is 10. The Labute approximate surface area is 112 Å². The van der Waals surface area contributed by atoms with Crippen molar-refractivity contribution in [2.45, 2.75) is 38.8 Å². The molecule has 0 aliphatic rings. The van der Waals surface area contributed by atoms with Crippen LogP contribution in [0.2, 0.25) is 0 Å². The molecule has 0 aliphatic carbocycles. The van der Waals surface area contributed by atoms with Crippen molar-refractivity contribution in [2.75, 3.05) is 12.0 Å². The average Bonchev–Trinajstić information content (AvgIpc) is 2.32. The molecule has 18 heavy (non-hydrogen) atoms. The summed E-state index contributed by atoms with van der Waals surface area (Å²) in [4.78, 5) is 33.2. The predicted octanol–water partition coefficient (Wildman–Crippen LogP) is 0.584. The number of amides is 2. The Bertz CT molecular complexity index is 272. The van der Waals surface area contributed by atoms with Crippen LogP contribution in [-0.2, 0) is 14.4 Å². The Morgan fingerprint density at radius 3 is 2.44 bits per heavy atom. The third-order valence-corrected chi connectivity index (χ3v) is 3.06. The first-order valence-corrected chi connectivity index (χ1v) is 7.38. The Morgan fingerprint density at radius 1 is 1.33 bits per heavy atom. The van der Waals surface area contributed by atoms with Crippen LogP contribution in [-0.4, -0.2) is 42.7 Å². The van der Waals surface area contributed by atoms with Gasteiger partial charge in [0.15, 0.2) is 0 Å². The van der Waals surface area contributed by atoms with Gasteiger partial charge in [0, 0.05) is 0 Å². The van der Waals surface area contributed by atoms with Crippen LogP contribution in [0.4, 0.5) is 0 Å². The van der Waals surface area contributed by atoms with Crippen molar-refractivity contribution in [3.63, 3.8) is 0 Å². The highest BCUT2D eigenvalue weighted by Crippen LogP contribution is 2.05. The van der Waals surface area contributed by atoms with Crippen LogP contribution in [0.25, 0.3) is 0 Å². The van der Waals surface area contributed by atoms with Crippen LogP contribution < -0.4 is 10.6 Å². The average molecular weight is 274 g/mol. The van der Waals surface area contributed by atoms with Crippen molar-refractivity contribution in [3.05, 3.63) is 0 Å². The minimum atomic E-state index is -0.565. The van der Waals surface area contributed by atoms with Gasteiger partial charge in [0.2, 0.25) is 12.3 Å². The van der Waals surface area contributed by atoms with Crippen LogP contribution in [0.5, 0.6) is 0 Å². The fourth-order valence-corrected chi connectivity index (χ4v) is 2.02.